The lowest BCUT2D eigenvalue weighted by Gasteiger charge is -2.41. The summed E-state index contributed by atoms with van der Waals surface area (Å²) in [6, 6.07) is 7.03. The number of halogens is 4. The average Bonchev–Trinajstić information content (AvgIpc) is 2.71. The first kappa shape index (κ1) is 22.7. The van der Waals surface area contributed by atoms with Crippen LogP contribution in [0.2, 0.25) is 0 Å². The number of benzene rings is 1. The van der Waals surface area contributed by atoms with Crippen molar-refractivity contribution in [3.8, 4) is 5.75 Å². The summed E-state index contributed by atoms with van der Waals surface area (Å²) < 4.78 is 64.6. The summed E-state index contributed by atoms with van der Waals surface area (Å²) in [4.78, 5) is 20.5. The van der Waals surface area contributed by atoms with Crippen LogP contribution < -0.4 is 10.5 Å². The van der Waals surface area contributed by atoms with Gasteiger partial charge in [0.05, 0.1) is 19.9 Å². The highest BCUT2D eigenvalue weighted by Gasteiger charge is 2.59. The second-order valence-corrected chi connectivity index (χ2v) is 7.59. The molecule has 0 radical (unpaired) electrons. The van der Waals surface area contributed by atoms with Crippen LogP contribution in [0.5, 0.6) is 5.75 Å². The molecule has 0 fully saturated rings. The van der Waals surface area contributed by atoms with E-state index in [1.54, 1.807) is 6.07 Å². The second kappa shape index (κ2) is 7.92. The van der Waals surface area contributed by atoms with Crippen LogP contribution in [-0.4, -0.2) is 42.1 Å². The van der Waals surface area contributed by atoms with E-state index in [1.807, 2.05) is 0 Å². The third-order valence-electron chi connectivity index (χ3n) is 5.27. The molecule has 166 valence electrons. The number of pyridine rings is 1. The number of aliphatic imine (C=N–C) groups is 1. The fraction of sp³-hybridized carbons (Fsp3) is 0.381. The predicted octanol–water partition coefficient (Wildman–Crippen LogP) is 3.58. The second-order valence-electron chi connectivity index (χ2n) is 7.59. The molecule has 1 aliphatic heterocycles. The van der Waals surface area contributed by atoms with E-state index in [0.717, 1.165) is 13.0 Å². The van der Waals surface area contributed by atoms with Crippen LogP contribution in [0.25, 0.3) is 0 Å². The number of hydrogen-bond donors (Lipinski definition) is 1. The van der Waals surface area contributed by atoms with E-state index in [2.05, 4.69) is 9.98 Å². The molecule has 2 aromatic rings. The van der Waals surface area contributed by atoms with Crippen molar-refractivity contribution in [3.05, 3.63) is 59.2 Å². The van der Waals surface area contributed by atoms with Crippen molar-refractivity contribution in [3.63, 3.8) is 0 Å². The highest BCUT2D eigenvalue weighted by atomic mass is 19.4. The van der Waals surface area contributed by atoms with Gasteiger partial charge in [-0.15, -0.1) is 0 Å². The lowest BCUT2D eigenvalue weighted by molar-refractivity contribution is -0.249. The van der Waals surface area contributed by atoms with Crippen molar-refractivity contribution in [2.75, 3.05) is 13.7 Å². The van der Waals surface area contributed by atoms with E-state index in [9.17, 15) is 22.4 Å². The Hall–Kier alpha value is -3.01. The Morgan fingerprint density at radius 3 is 2.52 bits per heavy atom. The molecule has 2 heterocycles. The van der Waals surface area contributed by atoms with E-state index in [1.165, 1.54) is 38.4 Å². The quantitative estimate of drug-likeness (QED) is 0.569. The number of nitrogens with zero attached hydrogens (tertiary/aromatic N) is 2. The Kier molecular flexibility index (Phi) is 5.79. The summed E-state index contributed by atoms with van der Waals surface area (Å²) in [6.07, 6.45) is -3.47. The summed E-state index contributed by atoms with van der Waals surface area (Å²) in [5, 5.41) is 0. The van der Waals surface area contributed by atoms with Crippen LogP contribution in [0.3, 0.4) is 0 Å². The minimum absolute atomic E-state index is 0.0207. The van der Waals surface area contributed by atoms with Gasteiger partial charge in [-0.25, -0.2) is 9.37 Å². The van der Waals surface area contributed by atoms with Crippen LogP contribution in [0.1, 0.15) is 35.5 Å². The van der Waals surface area contributed by atoms with E-state index in [4.69, 9.17) is 15.2 Å². The normalized spacial score (nSPS) is 23.9. The Balaban J connectivity index is 1.90. The fourth-order valence-electron chi connectivity index (χ4n) is 3.17. The Bertz CT molecular complexity index is 1020. The first-order valence-electron chi connectivity index (χ1n) is 9.28. The average molecular weight is 439 g/mol. The van der Waals surface area contributed by atoms with Gasteiger partial charge >= 0.3 is 6.18 Å². The Labute approximate surface area is 176 Å². The van der Waals surface area contributed by atoms with Crippen LogP contribution in [-0.2, 0) is 16.7 Å². The molecule has 1 aromatic heterocycles. The van der Waals surface area contributed by atoms with Crippen LogP contribution >= 0.6 is 0 Å². The topological polar surface area (TPSA) is 86.8 Å². The fourth-order valence-corrected chi connectivity index (χ4v) is 3.17. The maximum absolute atomic E-state index is 14.6. The number of Topliss-reactive ketones (excluding diaryl/α,β-unsaturated/α-hetero) is 1. The first-order chi connectivity index (χ1) is 14.4. The third-order valence-corrected chi connectivity index (χ3v) is 5.27. The largest absolute Gasteiger partial charge is 0.495 e. The maximum atomic E-state index is 14.6. The molecular formula is C21H21F4N3O3. The SMILES string of the molecule is COc1ccc(C(=O)Cc2ccc(F)c([C@]3(C)CO[C@@](C)(C(F)(F)F)C(N)=N3)c2)nc1. The summed E-state index contributed by atoms with van der Waals surface area (Å²) >= 11 is 0. The van der Waals surface area contributed by atoms with Gasteiger partial charge in [0, 0.05) is 12.0 Å². The number of carbonyl (C=O) groups excluding carboxylic acids is 1. The molecule has 0 aliphatic carbocycles. The molecule has 2 atom stereocenters. The molecule has 10 heteroatoms. The van der Waals surface area contributed by atoms with Crippen LogP contribution in [0.4, 0.5) is 17.6 Å². The van der Waals surface area contributed by atoms with Gasteiger partial charge in [0.25, 0.3) is 0 Å². The van der Waals surface area contributed by atoms with Crippen LogP contribution in [0, 0.1) is 5.82 Å². The number of nitrogens with two attached hydrogens (primary N) is 1. The van der Waals surface area contributed by atoms with Gasteiger partial charge in [-0.3, -0.25) is 9.79 Å². The molecule has 0 saturated carbocycles. The number of hydrogen-bond acceptors (Lipinski definition) is 6. The van der Waals surface area contributed by atoms with Gasteiger partial charge in [0.2, 0.25) is 5.60 Å². The molecule has 31 heavy (non-hydrogen) atoms. The van der Waals surface area contributed by atoms with Gasteiger partial charge in [0.15, 0.2) is 5.78 Å². The number of aromatic nitrogens is 1. The highest BCUT2D eigenvalue weighted by Crippen LogP contribution is 2.41. The number of carbonyl (C=O) groups is 1. The van der Waals surface area contributed by atoms with Gasteiger partial charge in [-0.2, -0.15) is 13.2 Å². The highest BCUT2D eigenvalue weighted by molar-refractivity contribution is 5.95. The van der Waals surface area contributed by atoms with Crippen molar-refractivity contribution in [1.82, 2.24) is 4.98 Å². The van der Waals surface area contributed by atoms with Gasteiger partial charge in [0.1, 0.15) is 28.6 Å². The number of ketones is 1. The third kappa shape index (κ3) is 4.25. The summed E-state index contributed by atoms with van der Waals surface area (Å²) in [6.45, 7) is 1.65. The molecule has 0 spiro atoms. The number of amidine groups is 1. The molecule has 1 aliphatic rings. The standard InChI is InChI=1S/C21H21F4N3O3/c1-19(11-31-20(2,18(26)28-19)21(23,24)25)14-8-12(4-6-15(14)22)9-17(29)16-7-5-13(30-3)10-27-16/h4-8,10H,9,11H2,1-3H3,(H2,26,28)/t19-,20+/m0/s1. The summed E-state index contributed by atoms with van der Waals surface area (Å²) in [7, 11) is 1.47. The number of methoxy groups -OCH3 is 1. The maximum Gasteiger partial charge on any atom is 0.424 e. The molecule has 2 N–H and O–H groups in total. The first-order valence-corrected chi connectivity index (χ1v) is 9.28. The van der Waals surface area contributed by atoms with E-state index >= 15 is 0 Å². The minimum Gasteiger partial charge on any atom is -0.495 e. The molecule has 0 saturated heterocycles. The molecule has 0 amide bonds. The monoisotopic (exact) mass is 439 g/mol. The van der Waals surface area contributed by atoms with Gasteiger partial charge in [-0.05, 0) is 43.7 Å². The van der Waals surface area contributed by atoms with Crippen LogP contribution in [0.15, 0.2) is 41.5 Å². The lowest BCUT2D eigenvalue weighted by Crippen LogP contribution is -2.60. The number of ether oxygens (including phenoxy) is 2. The van der Waals surface area contributed by atoms with Crippen molar-refractivity contribution in [2.24, 2.45) is 10.7 Å². The number of alkyl halides is 3. The molecule has 0 bridgehead atoms. The molecule has 1 aromatic carbocycles. The predicted molar refractivity (Wildman–Crippen MR) is 105 cm³/mol. The number of rotatable bonds is 5. The van der Waals surface area contributed by atoms with Crippen molar-refractivity contribution >= 4 is 11.6 Å². The molecule has 3 rings (SSSR count). The van der Waals surface area contributed by atoms with Crippen molar-refractivity contribution < 1.29 is 31.8 Å². The van der Waals surface area contributed by atoms with Crippen molar-refractivity contribution in [1.29, 1.82) is 0 Å². The zero-order valence-electron chi connectivity index (χ0n) is 17.1. The van der Waals surface area contributed by atoms with Gasteiger partial charge in [-0.1, -0.05) is 6.07 Å². The zero-order valence-corrected chi connectivity index (χ0v) is 17.1. The lowest BCUT2D eigenvalue weighted by atomic mass is 9.88. The smallest absolute Gasteiger partial charge is 0.424 e. The van der Waals surface area contributed by atoms with Gasteiger partial charge < -0.3 is 15.2 Å². The minimum atomic E-state index is -4.78. The van der Waals surface area contributed by atoms with E-state index in [0.29, 0.717) is 11.3 Å². The van der Waals surface area contributed by atoms with E-state index < -0.39 is 35.6 Å². The molecule has 0 unspecified atom stereocenters. The molecular weight excluding hydrogens is 418 g/mol. The van der Waals surface area contributed by atoms with E-state index in [-0.39, 0.29) is 23.5 Å². The van der Waals surface area contributed by atoms with Crippen molar-refractivity contribution in [2.45, 2.75) is 37.6 Å². The summed E-state index contributed by atoms with van der Waals surface area (Å²) in [5.41, 5.74) is 1.97. The Morgan fingerprint density at radius 1 is 1.26 bits per heavy atom. The molecule has 6 nitrogen and oxygen atoms in total. The summed E-state index contributed by atoms with van der Waals surface area (Å²) in [5.74, 6) is -1.32. The zero-order chi connectivity index (χ0) is 23.0. The Morgan fingerprint density at radius 2 is 1.97 bits per heavy atom.